The summed E-state index contributed by atoms with van der Waals surface area (Å²) in [5.41, 5.74) is 8.77. The summed E-state index contributed by atoms with van der Waals surface area (Å²) in [4.78, 5) is 14.5. The lowest BCUT2D eigenvalue weighted by atomic mass is 10.1. The number of rotatable bonds is 4. The van der Waals surface area contributed by atoms with Crippen LogP contribution in [-0.2, 0) is 4.79 Å². The molecular formula is C20H20N2O3. The van der Waals surface area contributed by atoms with Gasteiger partial charge in [-0.15, -0.1) is 0 Å². The highest BCUT2D eigenvalue weighted by molar-refractivity contribution is 6.10. The number of hydrogen-bond acceptors (Lipinski definition) is 4. The fourth-order valence-corrected chi connectivity index (χ4v) is 2.64. The smallest absolute Gasteiger partial charge is 0.294 e. The molecule has 0 aromatic heterocycles. The molecule has 0 saturated carbocycles. The number of carbonyl (C=O) groups excluding carboxylic acids is 1. The molecule has 0 bridgehead atoms. The predicted octanol–water partition coefficient (Wildman–Crippen LogP) is 3.62. The van der Waals surface area contributed by atoms with E-state index in [2.05, 4.69) is 6.58 Å². The van der Waals surface area contributed by atoms with Crippen molar-refractivity contribution in [3.05, 3.63) is 65.9 Å². The Kier molecular flexibility index (Phi) is 4.48. The van der Waals surface area contributed by atoms with E-state index < -0.39 is 0 Å². The molecule has 0 saturated heterocycles. The third-order valence-corrected chi connectivity index (χ3v) is 3.77. The molecule has 1 amide bonds. The van der Waals surface area contributed by atoms with E-state index in [-0.39, 0.29) is 11.7 Å². The zero-order valence-electron chi connectivity index (χ0n) is 14.3. The standard InChI is InChI=1S/C20H20N2O3/c1-13(2)12-22-17-11-15(21)7-8-18(17)25-19(20(22)23)10-14-5-4-6-16(9-14)24-3/h4-11H,1,12,21H2,2-3H3/b19-10+. The van der Waals surface area contributed by atoms with Gasteiger partial charge in [-0.3, -0.25) is 9.69 Å². The maximum Gasteiger partial charge on any atom is 0.294 e. The number of anilines is 2. The largest absolute Gasteiger partial charge is 0.497 e. The van der Waals surface area contributed by atoms with Gasteiger partial charge in [0, 0.05) is 12.2 Å². The topological polar surface area (TPSA) is 64.8 Å². The Bertz CT molecular complexity index is 871. The van der Waals surface area contributed by atoms with Crippen molar-refractivity contribution in [3.63, 3.8) is 0 Å². The van der Waals surface area contributed by atoms with Gasteiger partial charge in [0.2, 0.25) is 0 Å². The second-order valence-corrected chi connectivity index (χ2v) is 5.96. The van der Waals surface area contributed by atoms with Crippen LogP contribution in [0.5, 0.6) is 11.5 Å². The fourth-order valence-electron chi connectivity index (χ4n) is 2.64. The Morgan fingerprint density at radius 3 is 2.84 bits per heavy atom. The van der Waals surface area contributed by atoms with Crippen molar-refractivity contribution in [3.8, 4) is 11.5 Å². The number of nitrogens with two attached hydrogens (primary N) is 1. The van der Waals surface area contributed by atoms with Crippen LogP contribution in [0.4, 0.5) is 11.4 Å². The molecule has 0 fully saturated rings. The van der Waals surface area contributed by atoms with E-state index in [1.54, 1.807) is 36.3 Å². The summed E-state index contributed by atoms with van der Waals surface area (Å²) in [7, 11) is 1.60. The molecular weight excluding hydrogens is 316 g/mol. The van der Waals surface area contributed by atoms with Gasteiger partial charge < -0.3 is 15.2 Å². The molecule has 5 heteroatoms. The average Bonchev–Trinajstić information content (AvgIpc) is 2.59. The number of ether oxygens (including phenoxy) is 2. The fraction of sp³-hybridized carbons (Fsp3) is 0.150. The Morgan fingerprint density at radius 1 is 1.32 bits per heavy atom. The number of amides is 1. The predicted molar refractivity (Wildman–Crippen MR) is 99.6 cm³/mol. The van der Waals surface area contributed by atoms with Crippen molar-refractivity contribution in [1.29, 1.82) is 0 Å². The highest BCUT2D eigenvalue weighted by Crippen LogP contribution is 2.37. The Balaban J connectivity index is 2.04. The third kappa shape index (κ3) is 3.50. The summed E-state index contributed by atoms with van der Waals surface area (Å²) < 4.78 is 11.1. The highest BCUT2D eigenvalue weighted by atomic mass is 16.5. The highest BCUT2D eigenvalue weighted by Gasteiger charge is 2.30. The molecule has 2 aromatic rings. The second-order valence-electron chi connectivity index (χ2n) is 5.96. The van der Waals surface area contributed by atoms with Gasteiger partial charge in [-0.25, -0.2) is 0 Å². The zero-order valence-corrected chi connectivity index (χ0v) is 14.3. The van der Waals surface area contributed by atoms with Crippen LogP contribution in [0.1, 0.15) is 12.5 Å². The summed E-state index contributed by atoms with van der Waals surface area (Å²) in [6.45, 7) is 6.18. The first-order chi connectivity index (χ1) is 12.0. The molecule has 1 aliphatic heterocycles. The number of carbonyl (C=O) groups is 1. The van der Waals surface area contributed by atoms with Gasteiger partial charge in [-0.2, -0.15) is 0 Å². The molecule has 0 unspecified atom stereocenters. The Hall–Kier alpha value is -3.21. The molecule has 0 atom stereocenters. The van der Waals surface area contributed by atoms with Crippen LogP contribution in [0.25, 0.3) is 6.08 Å². The number of benzene rings is 2. The van der Waals surface area contributed by atoms with Crippen LogP contribution in [0.15, 0.2) is 60.4 Å². The molecule has 128 valence electrons. The number of methoxy groups -OCH3 is 1. The maximum absolute atomic E-state index is 12.9. The first kappa shape index (κ1) is 16.6. The number of fused-ring (bicyclic) bond motifs is 1. The van der Waals surface area contributed by atoms with E-state index in [1.807, 2.05) is 31.2 Å². The van der Waals surface area contributed by atoms with Crippen LogP contribution in [0.3, 0.4) is 0 Å². The van der Waals surface area contributed by atoms with Crippen molar-refractivity contribution in [2.45, 2.75) is 6.92 Å². The quantitative estimate of drug-likeness (QED) is 0.526. The monoisotopic (exact) mass is 336 g/mol. The average molecular weight is 336 g/mol. The summed E-state index contributed by atoms with van der Waals surface area (Å²) >= 11 is 0. The molecule has 0 radical (unpaired) electrons. The first-order valence-electron chi connectivity index (χ1n) is 7.87. The lowest BCUT2D eigenvalue weighted by molar-refractivity contribution is -0.117. The first-order valence-corrected chi connectivity index (χ1v) is 7.87. The number of nitrogen functional groups attached to an aromatic ring is 1. The van der Waals surface area contributed by atoms with Crippen LogP contribution in [0.2, 0.25) is 0 Å². The van der Waals surface area contributed by atoms with Crippen molar-refractivity contribution in [1.82, 2.24) is 0 Å². The molecule has 2 aromatic carbocycles. The van der Waals surface area contributed by atoms with Crippen LogP contribution < -0.4 is 20.1 Å². The molecule has 2 N–H and O–H groups in total. The minimum Gasteiger partial charge on any atom is -0.497 e. The Labute approximate surface area is 147 Å². The van der Waals surface area contributed by atoms with Crippen LogP contribution >= 0.6 is 0 Å². The van der Waals surface area contributed by atoms with Crippen molar-refractivity contribution < 1.29 is 14.3 Å². The minimum atomic E-state index is -0.232. The molecule has 3 rings (SSSR count). The lowest BCUT2D eigenvalue weighted by Gasteiger charge is -2.31. The molecule has 5 nitrogen and oxygen atoms in total. The van der Waals surface area contributed by atoms with Gasteiger partial charge in [0.05, 0.1) is 12.8 Å². The van der Waals surface area contributed by atoms with Crippen LogP contribution in [0, 0.1) is 0 Å². The summed E-state index contributed by atoms with van der Waals surface area (Å²) in [5.74, 6) is 1.31. The van der Waals surface area contributed by atoms with E-state index >= 15 is 0 Å². The lowest BCUT2D eigenvalue weighted by Crippen LogP contribution is -2.38. The van der Waals surface area contributed by atoms with Gasteiger partial charge in [-0.05, 0) is 48.9 Å². The molecule has 1 heterocycles. The van der Waals surface area contributed by atoms with Crippen molar-refractivity contribution >= 4 is 23.4 Å². The molecule has 0 aliphatic carbocycles. The van der Waals surface area contributed by atoms with Gasteiger partial charge >= 0.3 is 0 Å². The van der Waals surface area contributed by atoms with Crippen LogP contribution in [-0.4, -0.2) is 19.6 Å². The van der Waals surface area contributed by atoms with Gasteiger partial charge in [0.1, 0.15) is 5.75 Å². The summed E-state index contributed by atoms with van der Waals surface area (Å²) in [5, 5.41) is 0. The van der Waals surface area contributed by atoms with Gasteiger partial charge in [0.25, 0.3) is 5.91 Å². The SMILES string of the molecule is C=C(C)CN1C(=O)/C(=C\c2cccc(OC)c2)Oc2ccc(N)cc21. The summed E-state index contributed by atoms with van der Waals surface area (Å²) in [6.07, 6.45) is 1.70. The number of nitrogens with zero attached hydrogens (tertiary/aromatic N) is 1. The van der Waals surface area contributed by atoms with Crippen molar-refractivity contribution in [2.75, 3.05) is 24.3 Å². The summed E-state index contributed by atoms with van der Waals surface area (Å²) in [6, 6.07) is 12.7. The second kappa shape index (κ2) is 6.73. The van der Waals surface area contributed by atoms with E-state index in [9.17, 15) is 4.79 Å². The number of hydrogen-bond donors (Lipinski definition) is 1. The Morgan fingerprint density at radius 2 is 2.12 bits per heavy atom. The van der Waals surface area contributed by atoms with E-state index in [0.717, 1.165) is 11.1 Å². The maximum atomic E-state index is 12.9. The third-order valence-electron chi connectivity index (χ3n) is 3.77. The molecule has 1 aliphatic rings. The minimum absolute atomic E-state index is 0.232. The zero-order chi connectivity index (χ0) is 18.0. The molecule has 0 spiro atoms. The van der Waals surface area contributed by atoms with Gasteiger partial charge in [0.15, 0.2) is 11.5 Å². The van der Waals surface area contributed by atoms with E-state index in [4.69, 9.17) is 15.2 Å². The van der Waals surface area contributed by atoms with E-state index in [1.165, 1.54) is 0 Å². The van der Waals surface area contributed by atoms with E-state index in [0.29, 0.717) is 29.4 Å². The normalized spacial score (nSPS) is 14.9. The molecule has 25 heavy (non-hydrogen) atoms. The van der Waals surface area contributed by atoms with Crippen molar-refractivity contribution in [2.24, 2.45) is 0 Å². The van der Waals surface area contributed by atoms with Gasteiger partial charge in [-0.1, -0.05) is 24.3 Å².